The van der Waals surface area contributed by atoms with Crippen LogP contribution >= 0.6 is 0 Å². The van der Waals surface area contributed by atoms with Crippen LogP contribution in [0, 0.1) is 5.82 Å². The van der Waals surface area contributed by atoms with Gasteiger partial charge in [-0.25, -0.2) is 14.4 Å². The van der Waals surface area contributed by atoms with Crippen molar-refractivity contribution < 1.29 is 13.9 Å². The van der Waals surface area contributed by atoms with Crippen molar-refractivity contribution in [3.63, 3.8) is 0 Å². The lowest BCUT2D eigenvalue weighted by molar-refractivity contribution is 0.0957. The fourth-order valence-electron chi connectivity index (χ4n) is 3.40. The number of aliphatic imine (C=N–C) groups is 1. The highest BCUT2D eigenvalue weighted by Gasteiger charge is 2.18. The molecule has 0 bridgehead atoms. The molecule has 1 saturated heterocycles. The first-order chi connectivity index (χ1) is 18.5. The number of allylic oxidation sites excluding steroid dienone is 1. The van der Waals surface area contributed by atoms with Crippen molar-refractivity contribution in [1.29, 1.82) is 0 Å². The Labute approximate surface area is 222 Å². The molecule has 1 fully saturated rings. The van der Waals surface area contributed by atoms with Gasteiger partial charge in [-0.15, -0.1) is 0 Å². The van der Waals surface area contributed by atoms with Crippen LogP contribution in [0.25, 0.3) is 0 Å². The number of halogens is 1. The first kappa shape index (κ1) is 28.2. The number of hydrogen-bond donors (Lipinski definition) is 3. The van der Waals surface area contributed by atoms with Crippen LogP contribution in [0.3, 0.4) is 0 Å². The van der Waals surface area contributed by atoms with Gasteiger partial charge in [-0.05, 0) is 50.1 Å². The number of hydrazine groups is 1. The highest BCUT2D eigenvalue weighted by Crippen LogP contribution is 2.19. The van der Waals surface area contributed by atoms with Crippen molar-refractivity contribution in [2.45, 2.75) is 27.2 Å². The Morgan fingerprint density at radius 1 is 1.13 bits per heavy atom. The van der Waals surface area contributed by atoms with E-state index in [0.29, 0.717) is 26.3 Å². The molecule has 0 saturated carbocycles. The van der Waals surface area contributed by atoms with E-state index in [1.54, 1.807) is 35.6 Å². The Hall–Kier alpha value is -4.38. The van der Waals surface area contributed by atoms with Crippen molar-refractivity contribution >= 4 is 35.3 Å². The first-order valence-corrected chi connectivity index (χ1v) is 12.4. The van der Waals surface area contributed by atoms with Crippen LogP contribution in [-0.2, 0) is 11.2 Å². The van der Waals surface area contributed by atoms with E-state index in [-0.39, 0.29) is 17.5 Å². The van der Waals surface area contributed by atoms with E-state index < -0.39 is 11.7 Å². The summed E-state index contributed by atoms with van der Waals surface area (Å²) in [7, 11) is 0. The average molecular weight is 521 g/mol. The van der Waals surface area contributed by atoms with Gasteiger partial charge in [-0.3, -0.25) is 20.6 Å². The molecule has 1 aliphatic rings. The molecule has 1 aromatic carbocycles. The molecule has 0 spiro atoms. The van der Waals surface area contributed by atoms with Gasteiger partial charge in [0.25, 0.3) is 5.91 Å². The van der Waals surface area contributed by atoms with Gasteiger partial charge in [-0.2, -0.15) is 4.98 Å². The molecular formula is C27H33FN8O2. The number of aryl methyl sites for hydroxylation is 1. The number of anilines is 4. The summed E-state index contributed by atoms with van der Waals surface area (Å²) in [6.45, 7) is 8.00. The number of hydrogen-bond acceptors (Lipinski definition) is 9. The number of carbonyl (C=O) groups is 1. The lowest BCUT2D eigenvalue weighted by Crippen LogP contribution is -2.38. The second-order valence-electron chi connectivity index (χ2n) is 8.04. The Morgan fingerprint density at radius 2 is 1.95 bits per heavy atom. The normalized spacial score (nSPS) is 13.2. The standard InChI is InChI=1S/C22H24FN7O2.C5H9N/c1-2-15-4-3-5-16(12-15)26-17-6-7-19(24-13-17)21(31)28-29-22-25-14-18(23)20(27-22)30-8-10-32-11-9-30;1-3-5-6-4-2/h3-7,12-14,26H,2,8-11H2,1H3,(H,28,31)(H,25,27,29);3-5H,1-2H3/b;5-3-,6-4?. The fraction of sp³-hybridized carbons (Fsp3) is 0.296. The minimum Gasteiger partial charge on any atom is -0.378 e. The average Bonchev–Trinajstić information content (AvgIpc) is 2.96. The van der Waals surface area contributed by atoms with Crippen LogP contribution < -0.4 is 21.1 Å². The maximum Gasteiger partial charge on any atom is 0.288 e. The summed E-state index contributed by atoms with van der Waals surface area (Å²) in [5.74, 6) is -0.750. The molecule has 11 heteroatoms. The molecule has 1 aliphatic heterocycles. The molecule has 0 aliphatic carbocycles. The number of carbonyl (C=O) groups excluding carboxylic acids is 1. The Kier molecular flexibility index (Phi) is 11.1. The zero-order valence-corrected chi connectivity index (χ0v) is 21.8. The number of benzene rings is 1. The van der Waals surface area contributed by atoms with Gasteiger partial charge in [0, 0.05) is 31.2 Å². The molecule has 200 valence electrons. The van der Waals surface area contributed by atoms with E-state index in [2.05, 4.69) is 55.2 Å². The Balaban J connectivity index is 0.000000599. The molecule has 2 aromatic heterocycles. The third-order valence-corrected chi connectivity index (χ3v) is 5.33. The summed E-state index contributed by atoms with van der Waals surface area (Å²) in [6, 6.07) is 11.5. The number of ether oxygens (including phenoxy) is 1. The van der Waals surface area contributed by atoms with Crippen LogP contribution in [0.2, 0.25) is 0 Å². The summed E-state index contributed by atoms with van der Waals surface area (Å²) in [5, 5.41) is 3.27. The van der Waals surface area contributed by atoms with Crippen molar-refractivity contribution in [3.05, 3.63) is 78.1 Å². The van der Waals surface area contributed by atoms with Gasteiger partial charge in [0.1, 0.15) is 5.69 Å². The number of nitrogens with one attached hydrogen (secondary N) is 3. The van der Waals surface area contributed by atoms with Crippen molar-refractivity contribution in [1.82, 2.24) is 20.4 Å². The SMILES string of the molecule is CC=N/C=C\C.CCc1cccc(Nc2ccc(C(=O)NNc3ncc(F)c(N4CCOCC4)n3)nc2)c1. The van der Waals surface area contributed by atoms with Gasteiger partial charge in [0.15, 0.2) is 11.6 Å². The second kappa shape index (κ2) is 15.0. The molecular weight excluding hydrogens is 487 g/mol. The topological polar surface area (TPSA) is 117 Å². The van der Waals surface area contributed by atoms with Crippen LogP contribution in [-0.4, -0.2) is 53.4 Å². The summed E-state index contributed by atoms with van der Waals surface area (Å²) >= 11 is 0. The minimum atomic E-state index is -0.530. The predicted octanol–water partition coefficient (Wildman–Crippen LogP) is 4.52. The molecule has 10 nitrogen and oxygen atoms in total. The van der Waals surface area contributed by atoms with Gasteiger partial charge in [0.2, 0.25) is 5.95 Å². The molecule has 3 aromatic rings. The van der Waals surface area contributed by atoms with E-state index in [1.165, 1.54) is 5.56 Å². The first-order valence-electron chi connectivity index (χ1n) is 12.4. The third-order valence-electron chi connectivity index (χ3n) is 5.33. The smallest absolute Gasteiger partial charge is 0.288 e. The monoisotopic (exact) mass is 520 g/mol. The number of morpholine rings is 1. The predicted molar refractivity (Wildman–Crippen MR) is 148 cm³/mol. The molecule has 0 atom stereocenters. The summed E-state index contributed by atoms with van der Waals surface area (Å²) < 4.78 is 19.4. The molecule has 4 rings (SSSR count). The van der Waals surface area contributed by atoms with Crippen molar-refractivity contribution in [2.24, 2.45) is 4.99 Å². The van der Waals surface area contributed by atoms with E-state index in [9.17, 15) is 9.18 Å². The summed E-state index contributed by atoms with van der Waals surface area (Å²) in [5.41, 5.74) is 8.25. The number of amides is 1. The van der Waals surface area contributed by atoms with Crippen molar-refractivity contribution in [2.75, 3.05) is 41.9 Å². The van der Waals surface area contributed by atoms with E-state index in [1.807, 2.05) is 32.1 Å². The highest BCUT2D eigenvalue weighted by molar-refractivity contribution is 5.93. The van der Waals surface area contributed by atoms with Crippen LogP contribution in [0.5, 0.6) is 0 Å². The summed E-state index contributed by atoms with van der Waals surface area (Å²) in [4.78, 5) is 30.2. The number of rotatable bonds is 8. The van der Waals surface area contributed by atoms with Gasteiger partial charge in [-0.1, -0.05) is 25.1 Å². The number of pyridine rings is 1. The second-order valence-corrected chi connectivity index (χ2v) is 8.04. The molecule has 3 N–H and O–H groups in total. The van der Waals surface area contributed by atoms with Crippen molar-refractivity contribution in [3.8, 4) is 0 Å². The highest BCUT2D eigenvalue weighted by atomic mass is 19.1. The van der Waals surface area contributed by atoms with E-state index in [4.69, 9.17) is 4.74 Å². The molecule has 0 unspecified atom stereocenters. The Bertz CT molecular complexity index is 1220. The Morgan fingerprint density at radius 3 is 2.61 bits per heavy atom. The largest absolute Gasteiger partial charge is 0.378 e. The van der Waals surface area contributed by atoms with Gasteiger partial charge < -0.3 is 15.0 Å². The lowest BCUT2D eigenvalue weighted by Gasteiger charge is -2.28. The van der Waals surface area contributed by atoms with Crippen LogP contribution in [0.15, 0.2) is 66.1 Å². The molecule has 3 heterocycles. The molecule has 38 heavy (non-hydrogen) atoms. The van der Waals surface area contributed by atoms with Gasteiger partial charge >= 0.3 is 0 Å². The third kappa shape index (κ3) is 8.63. The zero-order chi connectivity index (χ0) is 27.2. The van der Waals surface area contributed by atoms with E-state index >= 15 is 0 Å². The lowest BCUT2D eigenvalue weighted by atomic mass is 10.1. The quantitative estimate of drug-likeness (QED) is 0.293. The van der Waals surface area contributed by atoms with E-state index in [0.717, 1.165) is 24.0 Å². The van der Waals surface area contributed by atoms with Gasteiger partial charge in [0.05, 0.1) is 31.3 Å². The maximum atomic E-state index is 14.1. The maximum absolute atomic E-state index is 14.1. The zero-order valence-electron chi connectivity index (χ0n) is 21.8. The number of nitrogens with zero attached hydrogens (tertiary/aromatic N) is 5. The molecule has 1 amide bonds. The number of aromatic nitrogens is 3. The summed E-state index contributed by atoms with van der Waals surface area (Å²) in [6.07, 6.45) is 8.99. The van der Waals surface area contributed by atoms with Crippen LogP contribution in [0.1, 0.15) is 36.8 Å². The molecule has 0 radical (unpaired) electrons. The minimum absolute atomic E-state index is 0.0790. The van der Waals surface area contributed by atoms with Crippen LogP contribution in [0.4, 0.5) is 27.5 Å². The fourth-order valence-corrected chi connectivity index (χ4v) is 3.40.